The molecule has 2 aromatic heterocycles. The lowest BCUT2D eigenvalue weighted by Gasteiger charge is -2.17. The molecular weight excluding hydrogens is 450 g/mol. The number of benzene rings is 2. The summed E-state index contributed by atoms with van der Waals surface area (Å²) in [5, 5.41) is 10.5. The number of rotatable bonds is 3. The molecule has 5 rings (SSSR count). The first-order valence-electron chi connectivity index (χ1n) is 10.8. The number of aryl methyl sites for hydroxylation is 1. The first kappa shape index (κ1) is 23.1. The largest absolute Gasteiger partial charge is 0.382 e. The molecule has 34 heavy (non-hydrogen) atoms. The van der Waals surface area contributed by atoms with Gasteiger partial charge >= 0.3 is 0 Å². The van der Waals surface area contributed by atoms with Crippen LogP contribution in [0.3, 0.4) is 0 Å². The molecule has 8 nitrogen and oxygen atoms in total. The van der Waals surface area contributed by atoms with Gasteiger partial charge in [-0.25, -0.2) is 0 Å². The van der Waals surface area contributed by atoms with Crippen molar-refractivity contribution in [3.05, 3.63) is 80.7 Å². The molecule has 0 radical (unpaired) electrons. The number of hydrogen-bond acceptors (Lipinski definition) is 7. The van der Waals surface area contributed by atoms with Gasteiger partial charge in [-0.15, -0.1) is 0 Å². The normalized spacial score (nSPS) is 12.6. The van der Waals surface area contributed by atoms with Gasteiger partial charge in [-0.1, -0.05) is 41.9 Å². The second kappa shape index (κ2) is 9.41. The van der Waals surface area contributed by atoms with Gasteiger partial charge in [0.1, 0.15) is 23.3 Å². The van der Waals surface area contributed by atoms with E-state index in [1.807, 2.05) is 47.9 Å². The molecule has 2 aromatic carbocycles. The minimum atomic E-state index is -0.0287. The summed E-state index contributed by atoms with van der Waals surface area (Å²) in [6.45, 7) is 2.04. The van der Waals surface area contributed by atoms with Crippen molar-refractivity contribution in [2.45, 2.75) is 26.2 Å². The molecule has 2 heterocycles. The Bertz CT molecular complexity index is 1460. The molecule has 0 saturated heterocycles. The summed E-state index contributed by atoms with van der Waals surface area (Å²) in [7, 11) is 0. The number of hydrogen-bond donors (Lipinski definition) is 3. The third-order valence-corrected chi connectivity index (χ3v) is 6.03. The minimum absolute atomic E-state index is 0.0116. The molecule has 0 spiro atoms. The van der Waals surface area contributed by atoms with Crippen LogP contribution >= 0.6 is 11.6 Å². The summed E-state index contributed by atoms with van der Waals surface area (Å²) in [6, 6.07) is 17.6. The van der Waals surface area contributed by atoms with Crippen molar-refractivity contribution in [2.75, 3.05) is 17.2 Å². The predicted octanol–water partition coefficient (Wildman–Crippen LogP) is 4.00. The van der Waals surface area contributed by atoms with Crippen LogP contribution in [0, 0.1) is 24.2 Å². The molecular formula is C25H24ClN7O. The maximum atomic E-state index is 13.2. The summed E-state index contributed by atoms with van der Waals surface area (Å²) in [5.41, 5.74) is 19.0. The van der Waals surface area contributed by atoms with E-state index < -0.39 is 0 Å². The van der Waals surface area contributed by atoms with Crippen molar-refractivity contribution in [2.24, 2.45) is 5.92 Å². The van der Waals surface area contributed by atoms with E-state index >= 15 is 0 Å². The van der Waals surface area contributed by atoms with Gasteiger partial charge in [-0.3, -0.25) is 9.36 Å². The molecule has 4 aromatic rings. The van der Waals surface area contributed by atoms with Gasteiger partial charge in [-0.2, -0.15) is 15.2 Å². The van der Waals surface area contributed by atoms with Gasteiger partial charge in [0.15, 0.2) is 0 Å². The number of halogens is 1. The molecule has 0 unspecified atom stereocenters. The highest BCUT2D eigenvalue weighted by molar-refractivity contribution is 6.35. The van der Waals surface area contributed by atoms with Crippen molar-refractivity contribution < 1.29 is 0 Å². The van der Waals surface area contributed by atoms with Gasteiger partial charge in [0.25, 0.3) is 5.56 Å². The number of nitrogens with zero attached hydrogens (tertiary/aromatic N) is 4. The molecule has 0 bridgehead atoms. The quantitative estimate of drug-likeness (QED) is 0.406. The maximum absolute atomic E-state index is 13.2. The third kappa shape index (κ3) is 4.65. The van der Waals surface area contributed by atoms with Crippen LogP contribution in [0.25, 0.3) is 16.5 Å². The lowest BCUT2D eigenvalue weighted by Crippen LogP contribution is -2.23. The van der Waals surface area contributed by atoms with Crippen LogP contribution in [0.15, 0.2) is 53.3 Å². The van der Waals surface area contributed by atoms with Crippen molar-refractivity contribution in [3.8, 4) is 11.8 Å². The average molecular weight is 474 g/mol. The highest BCUT2D eigenvalue weighted by atomic mass is 35.5. The van der Waals surface area contributed by atoms with E-state index in [-0.39, 0.29) is 28.7 Å². The fourth-order valence-electron chi connectivity index (χ4n) is 3.85. The molecule has 1 fully saturated rings. The monoisotopic (exact) mass is 473 g/mol. The number of nitrogens with two attached hydrogens (primary N) is 3. The topological polar surface area (TPSA) is 150 Å². The smallest absolute Gasteiger partial charge is 0.264 e. The molecule has 6 N–H and O–H groups in total. The van der Waals surface area contributed by atoms with E-state index in [1.54, 1.807) is 12.1 Å². The minimum Gasteiger partial charge on any atom is -0.382 e. The van der Waals surface area contributed by atoms with Gasteiger partial charge in [0.2, 0.25) is 5.95 Å². The Balaban J connectivity index is 0.000000210. The van der Waals surface area contributed by atoms with Gasteiger partial charge in [-0.05, 0) is 61.3 Å². The van der Waals surface area contributed by atoms with Crippen LogP contribution in [0.2, 0.25) is 5.02 Å². The van der Waals surface area contributed by atoms with Crippen molar-refractivity contribution in [3.63, 3.8) is 0 Å². The highest BCUT2D eigenvalue weighted by Gasteiger charge is 2.24. The Labute approximate surface area is 201 Å². The molecule has 9 heteroatoms. The maximum Gasteiger partial charge on any atom is 0.264 e. The van der Waals surface area contributed by atoms with E-state index in [0.29, 0.717) is 16.3 Å². The molecule has 0 aliphatic heterocycles. The van der Waals surface area contributed by atoms with Crippen LogP contribution in [0.4, 0.5) is 17.6 Å². The number of pyridine rings is 1. The first-order chi connectivity index (χ1) is 16.3. The second-order valence-corrected chi connectivity index (χ2v) is 8.66. The van der Waals surface area contributed by atoms with Gasteiger partial charge < -0.3 is 17.2 Å². The zero-order chi connectivity index (χ0) is 24.4. The van der Waals surface area contributed by atoms with Crippen molar-refractivity contribution in [1.29, 1.82) is 5.26 Å². The fourth-order valence-corrected chi connectivity index (χ4v) is 4.11. The van der Waals surface area contributed by atoms with E-state index in [2.05, 4.69) is 16.0 Å². The Morgan fingerprint density at radius 3 is 2.38 bits per heavy atom. The fraction of sp³-hybridized carbons (Fsp3) is 0.200. The van der Waals surface area contributed by atoms with Crippen LogP contribution in [-0.2, 0) is 6.42 Å². The van der Waals surface area contributed by atoms with Crippen molar-refractivity contribution >= 4 is 40.0 Å². The lowest BCUT2D eigenvalue weighted by molar-refractivity contribution is 0.761. The van der Waals surface area contributed by atoms with Crippen LogP contribution < -0.4 is 22.8 Å². The molecule has 0 amide bonds. The lowest BCUT2D eigenvalue weighted by atomic mass is 10.1. The summed E-state index contributed by atoms with van der Waals surface area (Å²) in [6.07, 6.45) is 3.47. The number of anilines is 3. The van der Waals surface area contributed by atoms with Crippen LogP contribution in [0.1, 0.15) is 29.7 Å². The Morgan fingerprint density at radius 2 is 1.76 bits per heavy atom. The summed E-state index contributed by atoms with van der Waals surface area (Å²) in [4.78, 5) is 20.3. The number of para-hydroxylation sites is 1. The average Bonchev–Trinajstić information content (AvgIpc) is 3.59. The van der Waals surface area contributed by atoms with Crippen molar-refractivity contribution in [1.82, 2.24) is 14.5 Å². The summed E-state index contributed by atoms with van der Waals surface area (Å²) >= 11 is 6.32. The molecule has 172 valence electrons. The van der Waals surface area contributed by atoms with E-state index in [4.69, 9.17) is 34.1 Å². The molecule has 1 saturated carbocycles. The second-order valence-electron chi connectivity index (χ2n) is 8.25. The number of aromatic nitrogens is 3. The standard InChI is InChI=1S/C20H18ClNO.C5H6N6/c1-13-5-2-3-8-18(13)22-16(11-14-9-10-14)12-15-6-4-7-17(21)19(15)20(22)23;6-1-2-3(7)10-5(9)11-4(2)8/h2-8,12,14H,9-11H2,1H3;(H6,7,8,9,10,11). The van der Waals surface area contributed by atoms with E-state index in [1.165, 1.54) is 12.8 Å². The number of fused-ring (bicyclic) bond motifs is 1. The Kier molecular flexibility index (Phi) is 6.39. The summed E-state index contributed by atoms with van der Waals surface area (Å²) < 4.78 is 1.86. The van der Waals surface area contributed by atoms with Gasteiger partial charge in [0.05, 0.1) is 16.1 Å². The van der Waals surface area contributed by atoms with Crippen LogP contribution in [0.5, 0.6) is 0 Å². The van der Waals surface area contributed by atoms with Gasteiger partial charge in [0, 0.05) is 5.69 Å². The molecule has 1 aliphatic rings. The number of nitrogen functional groups attached to an aromatic ring is 3. The predicted molar refractivity (Wildman–Crippen MR) is 136 cm³/mol. The molecule has 0 atom stereocenters. The Hall–Kier alpha value is -4.09. The molecule has 1 aliphatic carbocycles. The zero-order valence-corrected chi connectivity index (χ0v) is 19.4. The SMILES string of the molecule is Cc1ccccc1-n1c(CC2CC2)cc2cccc(Cl)c2c1=O.N#Cc1c(N)nc(N)nc1N. The zero-order valence-electron chi connectivity index (χ0n) is 18.6. The Morgan fingerprint density at radius 1 is 1.09 bits per heavy atom. The van der Waals surface area contributed by atoms with E-state index in [0.717, 1.165) is 28.8 Å². The summed E-state index contributed by atoms with van der Waals surface area (Å²) in [5.74, 6) is 0.704. The van der Waals surface area contributed by atoms with E-state index in [9.17, 15) is 4.79 Å². The number of nitriles is 1. The van der Waals surface area contributed by atoms with Crippen LogP contribution in [-0.4, -0.2) is 14.5 Å². The highest BCUT2D eigenvalue weighted by Crippen LogP contribution is 2.34. The third-order valence-electron chi connectivity index (χ3n) is 5.72. The first-order valence-corrected chi connectivity index (χ1v) is 11.2.